The first kappa shape index (κ1) is 12.8. The largest absolute Gasteiger partial charge is 0.393 e. The molecule has 0 bridgehead atoms. The van der Waals surface area contributed by atoms with Gasteiger partial charge < -0.3 is 5.11 Å². The van der Waals surface area contributed by atoms with Gasteiger partial charge in [0.15, 0.2) is 0 Å². The molecular formula is C17H20O. The molecule has 0 radical (unpaired) electrons. The van der Waals surface area contributed by atoms with Gasteiger partial charge in [0, 0.05) is 0 Å². The minimum Gasteiger partial charge on any atom is -0.393 e. The first-order valence-electron chi connectivity index (χ1n) is 6.62. The van der Waals surface area contributed by atoms with Gasteiger partial charge in [0.2, 0.25) is 0 Å². The minimum atomic E-state index is -0.168. The Hall–Kier alpha value is -1.60. The molecule has 0 spiro atoms. The summed E-state index contributed by atoms with van der Waals surface area (Å²) in [5, 5.41) is 9.55. The van der Waals surface area contributed by atoms with E-state index < -0.39 is 0 Å². The van der Waals surface area contributed by atoms with Crippen molar-refractivity contribution in [3.63, 3.8) is 0 Å². The molecule has 2 aromatic carbocycles. The molecule has 0 saturated heterocycles. The van der Waals surface area contributed by atoms with Gasteiger partial charge in [0.25, 0.3) is 0 Å². The Morgan fingerprint density at radius 2 is 1.50 bits per heavy atom. The van der Waals surface area contributed by atoms with Crippen molar-refractivity contribution in [2.24, 2.45) is 0 Å². The van der Waals surface area contributed by atoms with Gasteiger partial charge in [-0.1, -0.05) is 61.5 Å². The lowest BCUT2D eigenvalue weighted by Crippen LogP contribution is -2.05. The average Bonchev–Trinajstić information content (AvgIpc) is 2.46. The third-order valence-corrected chi connectivity index (χ3v) is 3.30. The number of aliphatic hydroxyl groups excluding tert-OH is 1. The molecule has 18 heavy (non-hydrogen) atoms. The minimum absolute atomic E-state index is 0.168. The summed E-state index contributed by atoms with van der Waals surface area (Å²) in [5.74, 6) is 0. The van der Waals surface area contributed by atoms with Crippen LogP contribution in [0.25, 0.3) is 11.1 Å². The van der Waals surface area contributed by atoms with Gasteiger partial charge >= 0.3 is 0 Å². The van der Waals surface area contributed by atoms with E-state index in [1.165, 1.54) is 16.7 Å². The van der Waals surface area contributed by atoms with Gasteiger partial charge in [-0.25, -0.2) is 0 Å². The van der Waals surface area contributed by atoms with Crippen molar-refractivity contribution in [1.82, 2.24) is 0 Å². The Morgan fingerprint density at radius 3 is 2.11 bits per heavy atom. The van der Waals surface area contributed by atoms with Crippen molar-refractivity contribution in [2.75, 3.05) is 0 Å². The second-order valence-corrected chi connectivity index (χ2v) is 4.66. The van der Waals surface area contributed by atoms with Crippen LogP contribution in [0, 0.1) is 0 Å². The van der Waals surface area contributed by atoms with Crippen LogP contribution in [0.15, 0.2) is 54.6 Å². The second kappa shape index (κ2) is 6.36. The molecule has 1 N–H and O–H groups in total. The molecule has 0 amide bonds. The van der Waals surface area contributed by atoms with Crippen LogP contribution in [0.2, 0.25) is 0 Å². The zero-order valence-electron chi connectivity index (χ0n) is 10.8. The molecule has 0 aromatic heterocycles. The molecule has 1 atom stereocenters. The van der Waals surface area contributed by atoms with Crippen LogP contribution in [0.3, 0.4) is 0 Å². The summed E-state index contributed by atoms with van der Waals surface area (Å²) < 4.78 is 0. The van der Waals surface area contributed by atoms with E-state index in [1.54, 1.807) is 0 Å². The number of hydrogen-bond acceptors (Lipinski definition) is 1. The number of benzene rings is 2. The Bertz CT molecular complexity index is 459. The smallest absolute Gasteiger partial charge is 0.0540 e. The highest BCUT2D eigenvalue weighted by atomic mass is 16.3. The first-order valence-corrected chi connectivity index (χ1v) is 6.62. The molecule has 0 aliphatic carbocycles. The van der Waals surface area contributed by atoms with Crippen LogP contribution in [0.1, 0.15) is 25.3 Å². The van der Waals surface area contributed by atoms with Gasteiger partial charge in [-0.3, -0.25) is 0 Å². The predicted octanol–water partition coefficient (Wildman–Crippen LogP) is 4.06. The van der Waals surface area contributed by atoms with Gasteiger partial charge in [0.05, 0.1) is 6.10 Å². The zero-order valence-corrected chi connectivity index (χ0v) is 10.8. The van der Waals surface area contributed by atoms with Crippen LogP contribution in [0.4, 0.5) is 0 Å². The SMILES string of the molecule is CCC(O)CCc1ccc(-c2ccccc2)cc1. The van der Waals surface area contributed by atoms with E-state index in [1.807, 2.05) is 13.0 Å². The Balaban J connectivity index is 2.02. The maximum Gasteiger partial charge on any atom is 0.0540 e. The van der Waals surface area contributed by atoms with E-state index in [4.69, 9.17) is 0 Å². The van der Waals surface area contributed by atoms with E-state index in [9.17, 15) is 5.11 Å². The van der Waals surface area contributed by atoms with Crippen LogP contribution in [-0.4, -0.2) is 11.2 Å². The highest BCUT2D eigenvalue weighted by molar-refractivity contribution is 5.63. The van der Waals surface area contributed by atoms with E-state index in [0.717, 1.165) is 19.3 Å². The molecule has 1 heteroatoms. The molecule has 0 aliphatic rings. The summed E-state index contributed by atoms with van der Waals surface area (Å²) in [7, 11) is 0. The van der Waals surface area contributed by atoms with Crippen LogP contribution in [0.5, 0.6) is 0 Å². The van der Waals surface area contributed by atoms with Crippen molar-refractivity contribution < 1.29 is 5.11 Å². The van der Waals surface area contributed by atoms with Crippen LogP contribution in [-0.2, 0) is 6.42 Å². The third-order valence-electron chi connectivity index (χ3n) is 3.30. The van der Waals surface area contributed by atoms with Crippen LogP contribution < -0.4 is 0 Å². The number of hydrogen-bond donors (Lipinski definition) is 1. The molecular weight excluding hydrogens is 220 g/mol. The van der Waals surface area contributed by atoms with E-state index >= 15 is 0 Å². The van der Waals surface area contributed by atoms with E-state index in [2.05, 4.69) is 48.5 Å². The summed E-state index contributed by atoms with van der Waals surface area (Å²) in [4.78, 5) is 0. The Morgan fingerprint density at radius 1 is 0.889 bits per heavy atom. The monoisotopic (exact) mass is 240 g/mol. The highest BCUT2D eigenvalue weighted by Crippen LogP contribution is 2.19. The van der Waals surface area contributed by atoms with Gasteiger partial charge in [-0.15, -0.1) is 0 Å². The van der Waals surface area contributed by atoms with Crippen molar-refractivity contribution in [2.45, 2.75) is 32.3 Å². The van der Waals surface area contributed by atoms with Gasteiger partial charge in [0.1, 0.15) is 0 Å². The average molecular weight is 240 g/mol. The first-order chi connectivity index (χ1) is 8.79. The van der Waals surface area contributed by atoms with Crippen molar-refractivity contribution >= 4 is 0 Å². The number of aryl methyl sites for hydroxylation is 1. The summed E-state index contributed by atoms with van der Waals surface area (Å²) >= 11 is 0. The van der Waals surface area contributed by atoms with Crippen molar-refractivity contribution in [1.29, 1.82) is 0 Å². The fourth-order valence-electron chi connectivity index (χ4n) is 2.03. The number of rotatable bonds is 5. The molecule has 0 aliphatic heterocycles. The quantitative estimate of drug-likeness (QED) is 0.835. The highest BCUT2D eigenvalue weighted by Gasteiger charge is 2.02. The molecule has 0 heterocycles. The van der Waals surface area contributed by atoms with Crippen LogP contribution >= 0.6 is 0 Å². The maximum atomic E-state index is 9.55. The second-order valence-electron chi connectivity index (χ2n) is 4.66. The normalized spacial score (nSPS) is 12.3. The molecule has 0 fully saturated rings. The van der Waals surface area contributed by atoms with E-state index in [0.29, 0.717) is 0 Å². The predicted molar refractivity (Wildman–Crippen MR) is 76.5 cm³/mol. The molecule has 1 nitrogen and oxygen atoms in total. The molecule has 2 rings (SSSR count). The molecule has 0 saturated carbocycles. The lowest BCUT2D eigenvalue weighted by molar-refractivity contribution is 0.160. The number of aliphatic hydroxyl groups is 1. The van der Waals surface area contributed by atoms with Gasteiger partial charge in [-0.2, -0.15) is 0 Å². The topological polar surface area (TPSA) is 20.2 Å². The fraction of sp³-hybridized carbons (Fsp3) is 0.294. The van der Waals surface area contributed by atoms with E-state index in [-0.39, 0.29) is 6.10 Å². The third kappa shape index (κ3) is 3.44. The van der Waals surface area contributed by atoms with Crippen molar-refractivity contribution in [3.8, 4) is 11.1 Å². The molecule has 1 unspecified atom stereocenters. The lowest BCUT2D eigenvalue weighted by atomic mass is 10.0. The Labute approximate surface area is 109 Å². The summed E-state index contributed by atoms with van der Waals surface area (Å²) in [5.41, 5.74) is 3.79. The molecule has 2 aromatic rings. The Kier molecular flexibility index (Phi) is 4.54. The maximum absolute atomic E-state index is 9.55. The lowest BCUT2D eigenvalue weighted by Gasteiger charge is -2.08. The molecule has 94 valence electrons. The summed E-state index contributed by atoms with van der Waals surface area (Å²) in [6.07, 6.45) is 2.46. The van der Waals surface area contributed by atoms with Gasteiger partial charge in [-0.05, 0) is 36.0 Å². The van der Waals surface area contributed by atoms with Crippen molar-refractivity contribution in [3.05, 3.63) is 60.2 Å². The standard InChI is InChI=1S/C17H20O/c1-2-17(18)13-10-14-8-11-16(12-9-14)15-6-4-3-5-7-15/h3-9,11-12,17-18H,2,10,13H2,1H3. The fourth-order valence-corrected chi connectivity index (χ4v) is 2.03. The summed E-state index contributed by atoms with van der Waals surface area (Å²) in [6.45, 7) is 2.02. The summed E-state index contributed by atoms with van der Waals surface area (Å²) in [6, 6.07) is 19.0. The zero-order chi connectivity index (χ0) is 12.8.